The van der Waals surface area contributed by atoms with E-state index in [1.165, 1.54) is 14.0 Å². The van der Waals surface area contributed by atoms with Crippen LogP contribution in [0.5, 0.6) is 5.75 Å². The number of esters is 2. The van der Waals surface area contributed by atoms with Crippen molar-refractivity contribution in [1.29, 1.82) is 0 Å². The zero-order chi connectivity index (χ0) is 33.5. The van der Waals surface area contributed by atoms with Gasteiger partial charge in [-0.25, -0.2) is 4.79 Å². The minimum Gasteiger partial charge on any atom is -0.497 e. The van der Waals surface area contributed by atoms with E-state index in [1.54, 1.807) is 52.7 Å². The van der Waals surface area contributed by atoms with E-state index in [9.17, 15) is 19.5 Å². The van der Waals surface area contributed by atoms with Crippen LogP contribution < -0.4 is 4.74 Å². The minimum atomic E-state index is -1.52. The molecule has 13 nitrogen and oxygen atoms in total. The minimum absolute atomic E-state index is 0.0135. The Morgan fingerprint density at radius 2 is 1.68 bits per heavy atom. The summed E-state index contributed by atoms with van der Waals surface area (Å²) in [6.45, 7) is 1.71. The van der Waals surface area contributed by atoms with E-state index in [0.717, 1.165) is 6.29 Å². The van der Waals surface area contributed by atoms with E-state index >= 15 is 0 Å². The summed E-state index contributed by atoms with van der Waals surface area (Å²) in [6.07, 6.45) is -1.61. The highest BCUT2D eigenvalue weighted by Gasteiger charge is 2.86. The van der Waals surface area contributed by atoms with Crippen LogP contribution in [0, 0.1) is 40.4 Å². The number of hydroxylamine groups is 2. The van der Waals surface area contributed by atoms with Crippen LogP contribution in [0.4, 0.5) is 0 Å². The molecule has 0 aromatic heterocycles. The second-order valence-electron chi connectivity index (χ2n) is 14.2. The Balaban J connectivity index is 1.41. The van der Waals surface area contributed by atoms with E-state index in [2.05, 4.69) is 0 Å². The Bertz CT molecular complexity index is 1390. The fourth-order valence-electron chi connectivity index (χ4n) is 11.5. The molecular weight excluding hydrogens is 614 g/mol. The number of nitrogens with zero attached hydrogens (tertiary/aromatic N) is 1. The predicted molar refractivity (Wildman–Crippen MR) is 161 cm³/mol. The largest absolute Gasteiger partial charge is 0.497 e. The van der Waals surface area contributed by atoms with Crippen LogP contribution in [0.25, 0.3) is 0 Å². The molecule has 15 atom stereocenters. The summed E-state index contributed by atoms with van der Waals surface area (Å²) in [5.41, 5.74) is -3.34. The Morgan fingerprint density at radius 3 is 2.23 bits per heavy atom. The Labute approximate surface area is 274 Å². The van der Waals surface area contributed by atoms with Crippen molar-refractivity contribution in [3.05, 3.63) is 29.8 Å². The van der Waals surface area contributed by atoms with Crippen molar-refractivity contribution in [2.75, 3.05) is 48.9 Å². The standard InChI is InChI=1S/C34H45NO12/c1-17(37)46-22-12-24(43-5)34-21-13-33(39)23(42-4)11-20(25(21)30(33)47-31(38)18-7-9-19(41-3)10-8-18)26(29(34)35-16-45-35)27(44-6)28(34)32(22,14-36)15-40-2/h7-10,14,20-30,39H,11-13,15-16H2,1-6H3/t20-,21+,22+,23-,24-,25+,26-,27-,28+,29?,30+,32-,33+,34-,35?/m0/s1. The fourth-order valence-corrected chi connectivity index (χ4v) is 11.5. The maximum absolute atomic E-state index is 13.7. The lowest BCUT2D eigenvalue weighted by Gasteiger charge is -2.62. The number of methoxy groups -OCH3 is 5. The van der Waals surface area contributed by atoms with Gasteiger partial charge in [0.05, 0.1) is 49.0 Å². The third-order valence-corrected chi connectivity index (χ3v) is 12.7. The molecule has 0 amide bonds. The first-order valence-corrected chi connectivity index (χ1v) is 16.3. The predicted octanol–water partition coefficient (Wildman–Crippen LogP) is 1.64. The van der Waals surface area contributed by atoms with Gasteiger partial charge in [0.2, 0.25) is 0 Å². The fraction of sp³-hybridized carbons (Fsp3) is 0.735. The molecule has 1 N–H and O–H groups in total. The average Bonchev–Trinajstić information content (AvgIpc) is 3.83. The molecule has 1 spiro atoms. The first kappa shape index (κ1) is 32.9. The van der Waals surface area contributed by atoms with Crippen molar-refractivity contribution in [1.82, 2.24) is 5.06 Å². The molecule has 5 saturated carbocycles. The Kier molecular flexibility index (Phi) is 8.22. The van der Waals surface area contributed by atoms with Crippen molar-refractivity contribution in [3.8, 4) is 5.75 Å². The summed E-state index contributed by atoms with van der Waals surface area (Å²) in [7, 11) is 7.92. The third kappa shape index (κ3) is 4.36. The summed E-state index contributed by atoms with van der Waals surface area (Å²) in [4.78, 5) is 45.8. The van der Waals surface area contributed by atoms with Gasteiger partial charge in [-0.3, -0.25) is 9.63 Å². The first-order valence-electron chi connectivity index (χ1n) is 16.3. The lowest BCUT2D eigenvalue weighted by Crippen LogP contribution is -2.70. The van der Waals surface area contributed by atoms with E-state index in [-0.39, 0.29) is 49.2 Å². The van der Waals surface area contributed by atoms with Gasteiger partial charge in [0.25, 0.3) is 0 Å². The number of rotatable bonds is 11. The molecule has 13 heteroatoms. The van der Waals surface area contributed by atoms with Gasteiger partial charge in [-0.05, 0) is 48.9 Å². The Hall–Kier alpha value is -2.65. The molecule has 2 unspecified atom stereocenters. The van der Waals surface area contributed by atoms with E-state index in [0.29, 0.717) is 24.5 Å². The zero-order valence-electron chi connectivity index (χ0n) is 27.7. The van der Waals surface area contributed by atoms with Crippen LogP contribution in [-0.2, 0) is 42.8 Å². The molecule has 7 rings (SSSR count). The monoisotopic (exact) mass is 659 g/mol. The van der Waals surface area contributed by atoms with Gasteiger partial charge in [0.1, 0.15) is 36.6 Å². The van der Waals surface area contributed by atoms with Crippen molar-refractivity contribution in [2.45, 2.75) is 68.3 Å². The highest BCUT2D eigenvalue weighted by atomic mass is 16.8. The summed E-state index contributed by atoms with van der Waals surface area (Å²) >= 11 is 0. The van der Waals surface area contributed by atoms with Crippen LogP contribution in [0.3, 0.4) is 0 Å². The zero-order valence-corrected chi connectivity index (χ0v) is 27.7. The molecule has 1 heterocycles. The molecule has 6 aliphatic rings. The highest BCUT2D eigenvalue weighted by Crippen LogP contribution is 2.78. The number of hydrogen-bond donors (Lipinski definition) is 1. The van der Waals surface area contributed by atoms with Crippen LogP contribution in [0.1, 0.15) is 36.5 Å². The summed E-state index contributed by atoms with van der Waals surface area (Å²) in [5.74, 6) is -2.03. The number of carbonyl (C=O) groups excluding carboxylic acids is 3. The normalized spacial score (nSPS) is 47.1. The van der Waals surface area contributed by atoms with Crippen molar-refractivity contribution in [3.63, 3.8) is 0 Å². The van der Waals surface area contributed by atoms with Crippen molar-refractivity contribution < 1.29 is 57.5 Å². The van der Waals surface area contributed by atoms with E-state index < -0.39 is 64.8 Å². The second kappa shape index (κ2) is 11.7. The first-order chi connectivity index (χ1) is 22.6. The van der Waals surface area contributed by atoms with E-state index in [1.807, 2.05) is 5.06 Å². The summed E-state index contributed by atoms with van der Waals surface area (Å²) < 4.78 is 42.2. The molecule has 1 aliphatic heterocycles. The van der Waals surface area contributed by atoms with Gasteiger partial charge in [0.15, 0.2) is 0 Å². The maximum atomic E-state index is 13.7. The number of hydrogen-bond acceptors (Lipinski definition) is 13. The number of benzene rings is 1. The average molecular weight is 660 g/mol. The second-order valence-corrected chi connectivity index (χ2v) is 14.2. The van der Waals surface area contributed by atoms with Gasteiger partial charge >= 0.3 is 11.9 Å². The molecule has 0 radical (unpaired) electrons. The van der Waals surface area contributed by atoms with Gasteiger partial charge in [-0.2, -0.15) is 5.06 Å². The molecule has 1 saturated heterocycles. The highest BCUT2D eigenvalue weighted by molar-refractivity contribution is 5.89. The lowest BCUT2D eigenvalue weighted by molar-refractivity contribution is -0.244. The van der Waals surface area contributed by atoms with Crippen LogP contribution in [0.15, 0.2) is 24.3 Å². The van der Waals surface area contributed by atoms with E-state index in [4.69, 9.17) is 38.0 Å². The van der Waals surface area contributed by atoms with Crippen LogP contribution in [-0.4, -0.2) is 119 Å². The molecule has 5 aliphatic carbocycles. The number of aldehydes is 1. The maximum Gasteiger partial charge on any atom is 0.338 e. The van der Waals surface area contributed by atoms with Gasteiger partial charge in [0, 0.05) is 65.0 Å². The molecule has 4 bridgehead atoms. The number of carbonyl (C=O) groups is 3. The third-order valence-electron chi connectivity index (χ3n) is 12.7. The van der Waals surface area contributed by atoms with Gasteiger partial charge < -0.3 is 43.1 Å². The van der Waals surface area contributed by atoms with Gasteiger partial charge in [-0.1, -0.05) is 0 Å². The summed E-state index contributed by atoms with van der Waals surface area (Å²) in [5, 5.41) is 14.6. The molecule has 6 fully saturated rings. The molecule has 258 valence electrons. The Morgan fingerprint density at radius 1 is 0.979 bits per heavy atom. The smallest absolute Gasteiger partial charge is 0.338 e. The quantitative estimate of drug-likeness (QED) is 0.208. The lowest BCUT2D eigenvalue weighted by atomic mass is 9.45. The SMILES string of the molecule is COC[C@]1(C=O)[C@H]2[C@@H](OC)[C@H]3C(N4CO4)[C@]2([C@@H](OC)C[C@H]1OC(C)=O)[C@@H]1C[C@@]2(O)[C@@H](OC)C[C@H]3[C@H]1[C@H]2OC(=O)c1ccc(OC)cc1. The topological polar surface area (TPSA) is 152 Å². The molecule has 47 heavy (non-hydrogen) atoms. The number of fused-ring (bicyclic) bond motifs is 3. The summed E-state index contributed by atoms with van der Waals surface area (Å²) in [6, 6.07) is 6.39. The molecule has 1 aromatic rings. The molecule has 1 aromatic carbocycles. The van der Waals surface area contributed by atoms with Crippen molar-refractivity contribution >= 4 is 18.2 Å². The number of ether oxygens (including phenoxy) is 7. The van der Waals surface area contributed by atoms with Crippen LogP contribution in [0.2, 0.25) is 0 Å². The number of aliphatic hydroxyl groups is 1. The van der Waals surface area contributed by atoms with Gasteiger partial charge in [-0.15, -0.1) is 0 Å². The van der Waals surface area contributed by atoms with Crippen LogP contribution >= 0.6 is 0 Å². The molecular formula is C34H45NO12. The van der Waals surface area contributed by atoms with Crippen molar-refractivity contribution in [2.24, 2.45) is 40.4 Å².